The number of carbonyl (C=O) groups is 1. The lowest BCUT2D eigenvalue weighted by atomic mass is 9.96. The van der Waals surface area contributed by atoms with Crippen LogP contribution in [-0.4, -0.2) is 36.8 Å². The summed E-state index contributed by atoms with van der Waals surface area (Å²) >= 11 is 0. The standard InChI is InChI=1S/C10H20N2O2/c1-8(7-13)12-10(14)5-9-3-2-4-11-6-9/h8-9,11,13H,2-7H2,1H3,(H,12,14)/t8-,9?/m0/s1. The molecule has 1 rings (SSSR count). The monoisotopic (exact) mass is 200 g/mol. The molecule has 82 valence electrons. The van der Waals surface area contributed by atoms with Crippen LogP contribution < -0.4 is 10.6 Å². The molecule has 1 saturated heterocycles. The highest BCUT2D eigenvalue weighted by Gasteiger charge is 2.17. The van der Waals surface area contributed by atoms with Crippen LogP contribution in [0.5, 0.6) is 0 Å². The Balaban J connectivity index is 2.18. The minimum absolute atomic E-state index is 0.00859. The van der Waals surface area contributed by atoms with Crippen LogP contribution in [0.2, 0.25) is 0 Å². The maximum atomic E-state index is 11.4. The van der Waals surface area contributed by atoms with Gasteiger partial charge in [0.2, 0.25) is 5.91 Å². The van der Waals surface area contributed by atoms with E-state index < -0.39 is 0 Å². The zero-order valence-corrected chi connectivity index (χ0v) is 8.75. The zero-order valence-electron chi connectivity index (χ0n) is 8.75. The van der Waals surface area contributed by atoms with Crippen molar-refractivity contribution in [3.8, 4) is 0 Å². The average molecular weight is 200 g/mol. The van der Waals surface area contributed by atoms with E-state index in [9.17, 15) is 4.79 Å². The van der Waals surface area contributed by atoms with E-state index in [4.69, 9.17) is 5.11 Å². The first kappa shape index (κ1) is 11.5. The molecule has 14 heavy (non-hydrogen) atoms. The normalized spacial score (nSPS) is 24.3. The van der Waals surface area contributed by atoms with Crippen molar-refractivity contribution in [2.75, 3.05) is 19.7 Å². The highest BCUT2D eigenvalue weighted by Crippen LogP contribution is 2.13. The molecule has 1 unspecified atom stereocenters. The number of aliphatic hydroxyl groups is 1. The van der Waals surface area contributed by atoms with Crippen molar-refractivity contribution in [2.45, 2.75) is 32.2 Å². The van der Waals surface area contributed by atoms with Crippen LogP contribution in [0.3, 0.4) is 0 Å². The van der Waals surface area contributed by atoms with Gasteiger partial charge in [-0.05, 0) is 38.8 Å². The molecular weight excluding hydrogens is 180 g/mol. The maximum absolute atomic E-state index is 11.4. The SMILES string of the molecule is C[C@@H](CO)NC(=O)CC1CCCNC1. The van der Waals surface area contributed by atoms with Gasteiger partial charge >= 0.3 is 0 Å². The first-order valence-electron chi connectivity index (χ1n) is 5.33. The quantitative estimate of drug-likeness (QED) is 0.592. The lowest BCUT2D eigenvalue weighted by Crippen LogP contribution is -2.38. The summed E-state index contributed by atoms with van der Waals surface area (Å²) in [6, 6.07) is -0.126. The molecule has 0 aromatic rings. The second-order valence-corrected chi connectivity index (χ2v) is 4.07. The van der Waals surface area contributed by atoms with Crippen LogP contribution in [0.4, 0.5) is 0 Å². The van der Waals surface area contributed by atoms with E-state index in [1.807, 2.05) is 0 Å². The molecule has 0 aromatic heterocycles. The average Bonchev–Trinajstić information content (AvgIpc) is 2.19. The van der Waals surface area contributed by atoms with E-state index in [1.165, 1.54) is 0 Å². The van der Waals surface area contributed by atoms with Gasteiger partial charge in [-0.3, -0.25) is 4.79 Å². The van der Waals surface area contributed by atoms with Crippen LogP contribution in [0, 0.1) is 5.92 Å². The fraction of sp³-hybridized carbons (Fsp3) is 0.900. The predicted octanol–water partition coefficient (Wildman–Crippen LogP) is -0.127. The Kier molecular flexibility index (Phi) is 4.90. The van der Waals surface area contributed by atoms with E-state index in [2.05, 4.69) is 10.6 Å². The second kappa shape index (κ2) is 5.98. The number of nitrogens with one attached hydrogen (secondary N) is 2. The van der Waals surface area contributed by atoms with E-state index in [0.29, 0.717) is 12.3 Å². The Morgan fingerprint density at radius 2 is 2.50 bits per heavy atom. The van der Waals surface area contributed by atoms with Crippen molar-refractivity contribution < 1.29 is 9.90 Å². The van der Waals surface area contributed by atoms with Crippen LogP contribution in [0.1, 0.15) is 26.2 Å². The Morgan fingerprint density at radius 1 is 1.71 bits per heavy atom. The van der Waals surface area contributed by atoms with Gasteiger partial charge in [0.25, 0.3) is 0 Å². The maximum Gasteiger partial charge on any atom is 0.220 e. The molecule has 4 heteroatoms. The molecule has 4 nitrogen and oxygen atoms in total. The summed E-state index contributed by atoms with van der Waals surface area (Å²) in [5.41, 5.74) is 0. The van der Waals surface area contributed by atoms with Crippen molar-refractivity contribution in [3.63, 3.8) is 0 Å². The number of hydrogen-bond donors (Lipinski definition) is 3. The Labute approximate surface area is 85.1 Å². The van der Waals surface area contributed by atoms with Crippen molar-refractivity contribution in [1.82, 2.24) is 10.6 Å². The summed E-state index contributed by atoms with van der Waals surface area (Å²) in [6.45, 7) is 3.83. The molecule has 1 fully saturated rings. The van der Waals surface area contributed by atoms with Gasteiger partial charge in [-0.25, -0.2) is 0 Å². The number of hydrogen-bond acceptors (Lipinski definition) is 3. The summed E-state index contributed by atoms with van der Waals surface area (Å²) < 4.78 is 0. The summed E-state index contributed by atoms with van der Waals surface area (Å²) in [5.74, 6) is 0.523. The smallest absolute Gasteiger partial charge is 0.220 e. The van der Waals surface area contributed by atoms with Gasteiger partial charge in [0, 0.05) is 12.5 Å². The van der Waals surface area contributed by atoms with Crippen LogP contribution in [0.15, 0.2) is 0 Å². The minimum atomic E-state index is -0.126. The molecule has 0 spiro atoms. The van der Waals surface area contributed by atoms with Crippen LogP contribution >= 0.6 is 0 Å². The van der Waals surface area contributed by atoms with Crippen molar-refractivity contribution in [2.24, 2.45) is 5.92 Å². The number of carbonyl (C=O) groups excluding carboxylic acids is 1. The number of aliphatic hydroxyl groups excluding tert-OH is 1. The second-order valence-electron chi connectivity index (χ2n) is 4.07. The highest BCUT2D eigenvalue weighted by atomic mass is 16.3. The molecule has 1 amide bonds. The number of rotatable bonds is 4. The first-order chi connectivity index (χ1) is 6.72. The summed E-state index contributed by atoms with van der Waals surface area (Å²) in [4.78, 5) is 11.4. The molecule has 0 radical (unpaired) electrons. The van der Waals surface area contributed by atoms with E-state index in [-0.39, 0.29) is 18.6 Å². The highest BCUT2D eigenvalue weighted by molar-refractivity contribution is 5.76. The minimum Gasteiger partial charge on any atom is -0.394 e. The topological polar surface area (TPSA) is 61.4 Å². The molecule has 1 heterocycles. The third-order valence-corrected chi connectivity index (χ3v) is 2.55. The molecule has 1 aliphatic rings. The molecule has 2 atom stereocenters. The Morgan fingerprint density at radius 3 is 3.07 bits per heavy atom. The largest absolute Gasteiger partial charge is 0.394 e. The number of amides is 1. The Bertz CT molecular complexity index is 179. The van der Waals surface area contributed by atoms with Gasteiger partial charge in [-0.15, -0.1) is 0 Å². The van der Waals surface area contributed by atoms with Crippen molar-refractivity contribution >= 4 is 5.91 Å². The summed E-state index contributed by atoms with van der Waals surface area (Å²) in [5, 5.41) is 14.8. The van der Waals surface area contributed by atoms with Crippen molar-refractivity contribution in [1.29, 1.82) is 0 Å². The predicted molar refractivity (Wildman–Crippen MR) is 54.9 cm³/mol. The van der Waals surface area contributed by atoms with Crippen molar-refractivity contribution in [3.05, 3.63) is 0 Å². The molecule has 0 aliphatic carbocycles. The fourth-order valence-corrected chi connectivity index (χ4v) is 1.74. The van der Waals surface area contributed by atoms with Gasteiger partial charge in [-0.1, -0.05) is 0 Å². The van der Waals surface area contributed by atoms with Gasteiger partial charge in [0.05, 0.1) is 6.61 Å². The first-order valence-corrected chi connectivity index (χ1v) is 5.33. The van der Waals surface area contributed by atoms with E-state index in [0.717, 1.165) is 25.9 Å². The molecule has 0 saturated carbocycles. The van der Waals surface area contributed by atoms with E-state index >= 15 is 0 Å². The van der Waals surface area contributed by atoms with Crippen LogP contribution in [-0.2, 0) is 4.79 Å². The van der Waals surface area contributed by atoms with Gasteiger partial charge in [0.15, 0.2) is 0 Å². The lowest BCUT2D eigenvalue weighted by Gasteiger charge is -2.22. The molecule has 0 bridgehead atoms. The zero-order chi connectivity index (χ0) is 10.4. The third kappa shape index (κ3) is 4.07. The number of piperidine rings is 1. The van der Waals surface area contributed by atoms with Crippen LogP contribution in [0.25, 0.3) is 0 Å². The van der Waals surface area contributed by atoms with Gasteiger partial charge in [0.1, 0.15) is 0 Å². The van der Waals surface area contributed by atoms with Gasteiger partial charge in [-0.2, -0.15) is 0 Å². The van der Waals surface area contributed by atoms with Gasteiger partial charge < -0.3 is 15.7 Å². The molecular formula is C10H20N2O2. The lowest BCUT2D eigenvalue weighted by molar-refractivity contribution is -0.123. The fourth-order valence-electron chi connectivity index (χ4n) is 1.74. The molecule has 1 aliphatic heterocycles. The third-order valence-electron chi connectivity index (χ3n) is 2.55. The van der Waals surface area contributed by atoms with E-state index in [1.54, 1.807) is 6.92 Å². The molecule has 3 N–H and O–H groups in total. The Hall–Kier alpha value is -0.610. The summed E-state index contributed by atoms with van der Waals surface area (Å²) in [6.07, 6.45) is 2.87. The molecule has 0 aromatic carbocycles. The summed E-state index contributed by atoms with van der Waals surface area (Å²) in [7, 11) is 0.